The van der Waals surface area contributed by atoms with Gasteiger partial charge in [0.2, 0.25) is 11.8 Å². The van der Waals surface area contributed by atoms with Crippen molar-refractivity contribution in [2.45, 2.75) is 31.2 Å². The molecule has 1 aromatic heterocycles. The molecule has 0 saturated carbocycles. The number of nitrogens with one attached hydrogen (secondary N) is 2. The number of para-hydroxylation sites is 2. The van der Waals surface area contributed by atoms with Crippen LogP contribution in [0.4, 0.5) is 0 Å². The predicted molar refractivity (Wildman–Crippen MR) is 169 cm³/mol. The molecule has 0 spiro atoms. The maximum atomic E-state index is 13.8. The Morgan fingerprint density at radius 1 is 1.00 bits per heavy atom. The first kappa shape index (κ1) is 31.3. The maximum absolute atomic E-state index is 13.8. The molecule has 3 atom stereocenters. The van der Waals surface area contributed by atoms with E-state index in [1.54, 1.807) is 56.8 Å². The minimum absolute atomic E-state index is 0.0106. The lowest BCUT2D eigenvalue weighted by Gasteiger charge is -2.28. The van der Waals surface area contributed by atoms with Gasteiger partial charge in [-0.2, -0.15) is 0 Å². The quantitative estimate of drug-likeness (QED) is 0.252. The Hall–Kier alpha value is -5.16. The van der Waals surface area contributed by atoms with Crippen LogP contribution in [0.1, 0.15) is 32.7 Å². The summed E-state index contributed by atoms with van der Waals surface area (Å²) < 4.78 is 7.27. The third kappa shape index (κ3) is 6.83. The number of likely N-dealkylation sites (N-methyl/N-ethyl adjacent to an activating group) is 1. The summed E-state index contributed by atoms with van der Waals surface area (Å²) in [6, 6.07) is 21.1. The van der Waals surface area contributed by atoms with E-state index in [-0.39, 0.29) is 26.1 Å². The van der Waals surface area contributed by atoms with Crippen molar-refractivity contribution in [1.29, 1.82) is 0 Å². The number of nitrogens with zero attached hydrogens (tertiary/aromatic N) is 3. The average molecular weight is 612 g/mol. The summed E-state index contributed by atoms with van der Waals surface area (Å²) in [5, 5.41) is 16.8. The van der Waals surface area contributed by atoms with Crippen LogP contribution in [0.15, 0.2) is 85.1 Å². The van der Waals surface area contributed by atoms with Crippen molar-refractivity contribution in [1.82, 2.24) is 25.0 Å². The average Bonchev–Trinajstić information content (AvgIpc) is 3.62. The molecule has 2 heterocycles. The molecular weight excluding hydrogens is 574 g/mol. The molecule has 3 N–H and O–H groups in total. The van der Waals surface area contributed by atoms with Gasteiger partial charge in [0.25, 0.3) is 11.8 Å². The Labute approximate surface area is 261 Å². The number of ether oxygens (including phenoxy) is 1. The van der Waals surface area contributed by atoms with E-state index in [4.69, 9.17) is 4.74 Å². The molecule has 234 valence electrons. The molecular formula is C34H37N5O6. The Morgan fingerprint density at radius 2 is 1.69 bits per heavy atom. The summed E-state index contributed by atoms with van der Waals surface area (Å²) >= 11 is 0. The molecule has 0 radical (unpaired) electrons. The summed E-state index contributed by atoms with van der Waals surface area (Å²) in [5.41, 5.74) is 2.45. The molecule has 2 unspecified atom stereocenters. The van der Waals surface area contributed by atoms with Gasteiger partial charge in [0.1, 0.15) is 17.8 Å². The van der Waals surface area contributed by atoms with Gasteiger partial charge < -0.3 is 34.8 Å². The molecule has 4 aromatic rings. The van der Waals surface area contributed by atoms with Gasteiger partial charge in [-0.05, 0) is 24.3 Å². The number of hydrogen-bond acceptors (Lipinski definition) is 6. The van der Waals surface area contributed by atoms with Gasteiger partial charge in [-0.25, -0.2) is 0 Å². The number of benzene rings is 3. The maximum Gasteiger partial charge on any atom is 0.256 e. The second-order valence-corrected chi connectivity index (χ2v) is 11.2. The van der Waals surface area contributed by atoms with Gasteiger partial charge in [-0.15, -0.1) is 0 Å². The monoisotopic (exact) mass is 611 g/mol. The zero-order valence-electron chi connectivity index (χ0n) is 25.5. The molecule has 0 aliphatic carbocycles. The largest absolute Gasteiger partial charge is 0.496 e. The number of carbonyl (C=O) groups excluding carboxylic acids is 4. The highest BCUT2D eigenvalue weighted by Crippen LogP contribution is 2.26. The fourth-order valence-corrected chi connectivity index (χ4v) is 5.74. The molecule has 5 rings (SSSR count). The highest BCUT2D eigenvalue weighted by atomic mass is 16.5. The Kier molecular flexibility index (Phi) is 9.48. The third-order valence-electron chi connectivity index (χ3n) is 8.06. The van der Waals surface area contributed by atoms with E-state index < -0.39 is 41.8 Å². The van der Waals surface area contributed by atoms with Crippen molar-refractivity contribution in [2.75, 3.05) is 27.2 Å². The number of β-amino-alcohol motifs (C(OH)–C–C–N with tert-alkyl or cyclic N) is 1. The van der Waals surface area contributed by atoms with Crippen LogP contribution in [0.25, 0.3) is 10.9 Å². The van der Waals surface area contributed by atoms with E-state index in [1.807, 2.05) is 54.1 Å². The summed E-state index contributed by atoms with van der Waals surface area (Å²) in [6.07, 6.45) is 0.807. The number of aryl methyl sites for hydroxylation is 1. The topological polar surface area (TPSA) is 133 Å². The lowest BCUT2D eigenvalue weighted by Crippen LogP contribution is -2.56. The van der Waals surface area contributed by atoms with Crippen LogP contribution in [0.2, 0.25) is 0 Å². The second-order valence-electron chi connectivity index (χ2n) is 11.2. The van der Waals surface area contributed by atoms with Crippen LogP contribution >= 0.6 is 0 Å². The summed E-state index contributed by atoms with van der Waals surface area (Å²) in [5.74, 6) is -1.24. The smallest absolute Gasteiger partial charge is 0.256 e. The number of aliphatic hydroxyl groups excluding tert-OH is 1. The summed E-state index contributed by atoms with van der Waals surface area (Å²) in [6.45, 7) is -0.0337. The van der Waals surface area contributed by atoms with Crippen molar-refractivity contribution in [2.24, 2.45) is 7.05 Å². The number of rotatable bonds is 10. The molecule has 3 aromatic carbocycles. The SMILES string of the molecule is COc1ccccc1CN(C)C(=O)C(CNC(=O)c1ccccc1)NC(=O)C1C[C@@H](O)CN1C(=O)c1cn(C)c2ccccc12. The van der Waals surface area contributed by atoms with Gasteiger partial charge in [-0.1, -0.05) is 54.6 Å². The number of methoxy groups -OCH3 is 1. The Balaban J connectivity index is 1.36. The van der Waals surface area contributed by atoms with E-state index in [0.717, 1.165) is 16.5 Å². The van der Waals surface area contributed by atoms with Gasteiger partial charge in [0.05, 0.1) is 18.8 Å². The summed E-state index contributed by atoms with van der Waals surface area (Å²) in [7, 11) is 4.98. The molecule has 1 fully saturated rings. The van der Waals surface area contributed by atoms with E-state index in [2.05, 4.69) is 10.6 Å². The van der Waals surface area contributed by atoms with Gasteiger partial charge >= 0.3 is 0 Å². The molecule has 1 saturated heterocycles. The summed E-state index contributed by atoms with van der Waals surface area (Å²) in [4.78, 5) is 57.0. The number of aliphatic hydroxyl groups is 1. The van der Waals surface area contributed by atoms with Crippen LogP contribution in [0.5, 0.6) is 5.75 Å². The normalized spacial score (nSPS) is 16.7. The third-order valence-corrected chi connectivity index (χ3v) is 8.06. The van der Waals surface area contributed by atoms with E-state index in [0.29, 0.717) is 16.9 Å². The number of aromatic nitrogens is 1. The minimum Gasteiger partial charge on any atom is -0.496 e. The number of carbonyl (C=O) groups is 4. The molecule has 4 amide bonds. The Morgan fingerprint density at radius 3 is 2.44 bits per heavy atom. The van der Waals surface area contributed by atoms with Crippen LogP contribution in [-0.4, -0.2) is 88.5 Å². The zero-order valence-corrected chi connectivity index (χ0v) is 25.5. The highest BCUT2D eigenvalue weighted by Gasteiger charge is 2.41. The lowest BCUT2D eigenvalue weighted by atomic mass is 10.1. The predicted octanol–water partition coefficient (Wildman–Crippen LogP) is 2.34. The first-order chi connectivity index (χ1) is 21.7. The van der Waals surface area contributed by atoms with Crippen molar-refractivity contribution in [3.8, 4) is 5.75 Å². The Bertz CT molecular complexity index is 1700. The van der Waals surface area contributed by atoms with Crippen LogP contribution in [0.3, 0.4) is 0 Å². The molecule has 1 aliphatic heterocycles. The van der Waals surface area contributed by atoms with Crippen molar-refractivity contribution in [3.63, 3.8) is 0 Å². The number of likely N-dealkylation sites (tertiary alicyclic amines) is 1. The van der Waals surface area contributed by atoms with E-state index in [9.17, 15) is 24.3 Å². The van der Waals surface area contributed by atoms with E-state index in [1.165, 1.54) is 9.80 Å². The van der Waals surface area contributed by atoms with Crippen LogP contribution in [-0.2, 0) is 23.2 Å². The number of amides is 4. The molecule has 11 nitrogen and oxygen atoms in total. The number of fused-ring (bicyclic) bond motifs is 1. The fraction of sp³-hybridized carbons (Fsp3) is 0.294. The molecule has 11 heteroatoms. The first-order valence-corrected chi connectivity index (χ1v) is 14.7. The lowest BCUT2D eigenvalue weighted by molar-refractivity contribution is -0.136. The van der Waals surface area contributed by atoms with Crippen LogP contribution < -0.4 is 15.4 Å². The van der Waals surface area contributed by atoms with E-state index >= 15 is 0 Å². The zero-order chi connectivity index (χ0) is 32.1. The minimum atomic E-state index is -1.16. The second kappa shape index (κ2) is 13.6. The van der Waals surface area contributed by atoms with Gasteiger partial charge in [0, 0.05) is 68.4 Å². The first-order valence-electron chi connectivity index (χ1n) is 14.7. The molecule has 45 heavy (non-hydrogen) atoms. The molecule has 1 aliphatic rings. The van der Waals surface area contributed by atoms with Gasteiger partial charge in [-0.3, -0.25) is 19.2 Å². The molecule has 0 bridgehead atoms. The highest BCUT2D eigenvalue weighted by molar-refractivity contribution is 6.08. The van der Waals surface area contributed by atoms with Crippen molar-refractivity contribution in [3.05, 3.63) is 102 Å². The standard InChI is InChI=1S/C34H37N5O6/c1-37-21-26(25-14-8-9-15-28(25)37)33(43)39-20-24(40)17-29(39)32(42)36-27(18-35-31(41)22-11-5-4-6-12-22)34(44)38(2)19-23-13-7-10-16-30(23)45-3/h4-16,21,24,27,29,40H,17-20H2,1-3H3,(H,35,41)(H,36,42)/t24-,27?,29?/m1/s1. The van der Waals surface area contributed by atoms with Gasteiger partial charge in [0.15, 0.2) is 0 Å². The fourth-order valence-electron chi connectivity index (χ4n) is 5.74. The number of hydrogen-bond donors (Lipinski definition) is 3. The van der Waals surface area contributed by atoms with Crippen molar-refractivity contribution < 1.29 is 29.0 Å². The van der Waals surface area contributed by atoms with Crippen molar-refractivity contribution >= 4 is 34.5 Å². The van der Waals surface area contributed by atoms with Crippen LogP contribution in [0, 0.1) is 0 Å².